The Hall–Kier alpha value is -3.08. The number of nitrogens with zero attached hydrogens (tertiary/aromatic N) is 3. The van der Waals surface area contributed by atoms with Crippen molar-refractivity contribution >= 4 is 28.5 Å². The molecule has 1 saturated heterocycles. The Morgan fingerprint density at radius 3 is 2.65 bits per heavy atom. The molecule has 0 unspecified atom stereocenters. The maximum atomic E-state index is 5.31. The van der Waals surface area contributed by atoms with E-state index in [4.69, 9.17) is 4.74 Å². The fourth-order valence-corrected chi connectivity index (χ4v) is 3.27. The van der Waals surface area contributed by atoms with Gasteiger partial charge >= 0.3 is 0 Å². The van der Waals surface area contributed by atoms with E-state index in [1.54, 1.807) is 13.3 Å². The van der Waals surface area contributed by atoms with Gasteiger partial charge in [-0.05, 0) is 54.8 Å². The van der Waals surface area contributed by atoms with E-state index in [0.29, 0.717) is 0 Å². The topological polar surface area (TPSA) is 49.8 Å². The molecule has 1 aliphatic rings. The van der Waals surface area contributed by atoms with Crippen LogP contribution in [0.3, 0.4) is 0 Å². The lowest BCUT2D eigenvalue weighted by Crippen LogP contribution is -2.17. The highest BCUT2D eigenvalue weighted by atomic mass is 16.5. The lowest BCUT2D eigenvalue weighted by atomic mass is 10.2. The predicted octanol–water partition coefficient (Wildman–Crippen LogP) is 4.29. The first-order valence-corrected chi connectivity index (χ1v) is 8.90. The number of pyridine rings is 1. The van der Waals surface area contributed by atoms with Crippen LogP contribution in [0.2, 0.25) is 0 Å². The van der Waals surface area contributed by atoms with Crippen LogP contribution in [0.25, 0.3) is 10.9 Å². The molecule has 1 aliphatic heterocycles. The zero-order valence-electron chi connectivity index (χ0n) is 14.9. The summed E-state index contributed by atoms with van der Waals surface area (Å²) in [4.78, 5) is 6.81. The molecule has 4 rings (SSSR count). The second-order valence-electron chi connectivity index (χ2n) is 6.40. The van der Waals surface area contributed by atoms with Gasteiger partial charge in [-0.1, -0.05) is 12.1 Å². The Morgan fingerprint density at radius 2 is 1.88 bits per heavy atom. The number of anilines is 2. The standard InChI is InChI=1S/C21H22N4O/c1-26-18-8-9-20-19(14-18)21(10-11-22-20)24-23-15-16-4-6-17(7-5-16)25-12-2-3-13-25/h4-11,14-15H,2-3,12-13H2,1H3,(H,22,24). The van der Waals surface area contributed by atoms with Crippen molar-refractivity contribution in [3.63, 3.8) is 0 Å². The number of hydrogen-bond acceptors (Lipinski definition) is 5. The highest BCUT2D eigenvalue weighted by Gasteiger charge is 2.11. The van der Waals surface area contributed by atoms with E-state index in [2.05, 4.69) is 44.7 Å². The third-order valence-corrected chi connectivity index (χ3v) is 4.71. The van der Waals surface area contributed by atoms with Gasteiger partial charge < -0.3 is 9.64 Å². The molecule has 1 N–H and O–H groups in total. The van der Waals surface area contributed by atoms with Gasteiger partial charge in [0, 0.05) is 30.4 Å². The maximum Gasteiger partial charge on any atom is 0.119 e. The third-order valence-electron chi connectivity index (χ3n) is 4.71. The second-order valence-corrected chi connectivity index (χ2v) is 6.40. The summed E-state index contributed by atoms with van der Waals surface area (Å²) in [6.07, 6.45) is 6.19. The Balaban J connectivity index is 1.49. The number of rotatable bonds is 5. The molecule has 1 fully saturated rings. The van der Waals surface area contributed by atoms with Gasteiger partial charge in [0.1, 0.15) is 5.75 Å². The molecule has 0 radical (unpaired) electrons. The number of nitrogens with one attached hydrogen (secondary N) is 1. The molecular weight excluding hydrogens is 324 g/mol. The number of methoxy groups -OCH3 is 1. The molecule has 0 atom stereocenters. The summed E-state index contributed by atoms with van der Waals surface area (Å²) in [5, 5.41) is 5.37. The fraction of sp³-hybridized carbons (Fsp3) is 0.238. The summed E-state index contributed by atoms with van der Waals surface area (Å²) in [6, 6.07) is 16.3. The quantitative estimate of drug-likeness (QED) is 0.553. The van der Waals surface area contributed by atoms with Gasteiger partial charge in [-0.25, -0.2) is 0 Å². The largest absolute Gasteiger partial charge is 0.497 e. The highest BCUT2D eigenvalue weighted by molar-refractivity contribution is 5.92. The second kappa shape index (κ2) is 7.44. The van der Waals surface area contributed by atoms with Gasteiger partial charge in [0.05, 0.1) is 24.5 Å². The zero-order chi connectivity index (χ0) is 17.8. The van der Waals surface area contributed by atoms with Crippen LogP contribution in [-0.4, -0.2) is 31.4 Å². The van der Waals surface area contributed by atoms with E-state index in [1.807, 2.05) is 30.5 Å². The first kappa shape index (κ1) is 16.4. The van der Waals surface area contributed by atoms with Crippen molar-refractivity contribution in [2.45, 2.75) is 12.8 Å². The molecule has 5 heteroatoms. The van der Waals surface area contributed by atoms with Crippen molar-refractivity contribution in [1.29, 1.82) is 0 Å². The number of ether oxygens (including phenoxy) is 1. The molecule has 0 amide bonds. The van der Waals surface area contributed by atoms with Crippen molar-refractivity contribution in [3.05, 3.63) is 60.3 Å². The molecule has 0 saturated carbocycles. The average molecular weight is 346 g/mol. The van der Waals surface area contributed by atoms with Gasteiger partial charge in [-0.2, -0.15) is 5.10 Å². The van der Waals surface area contributed by atoms with Crippen LogP contribution in [0.4, 0.5) is 11.4 Å². The molecule has 132 valence electrons. The summed E-state index contributed by atoms with van der Waals surface area (Å²) in [6.45, 7) is 2.32. The molecule has 0 bridgehead atoms. The number of hydrogen-bond donors (Lipinski definition) is 1. The van der Waals surface area contributed by atoms with Crippen LogP contribution in [0, 0.1) is 0 Å². The minimum absolute atomic E-state index is 0.801. The number of fused-ring (bicyclic) bond motifs is 1. The van der Waals surface area contributed by atoms with Crippen LogP contribution < -0.4 is 15.1 Å². The number of aromatic nitrogens is 1. The normalized spacial score (nSPS) is 14.3. The Morgan fingerprint density at radius 1 is 1.08 bits per heavy atom. The van der Waals surface area contributed by atoms with E-state index < -0.39 is 0 Å². The van der Waals surface area contributed by atoms with E-state index in [9.17, 15) is 0 Å². The van der Waals surface area contributed by atoms with Crippen LogP contribution >= 0.6 is 0 Å². The molecule has 2 heterocycles. The van der Waals surface area contributed by atoms with Gasteiger partial charge in [0.25, 0.3) is 0 Å². The van der Waals surface area contributed by atoms with E-state index in [0.717, 1.165) is 41.0 Å². The van der Waals surface area contributed by atoms with Gasteiger partial charge in [0.15, 0.2) is 0 Å². The first-order chi connectivity index (χ1) is 12.8. The molecular formula is C21H22N4O. The van der Waals surface area contributed by atoms with Crippen LogP contribution in [0.5, 0.6) is 5.75 Å². The Kier molecular flexibility index (Phi) is 4.69. The molecule has 0 aliphatic carbocycles. The summed E-state index contributed by atoms with van der Waals surface area (Å²) >= 11 is 0. The van der Waals surface area contributed by atoms with Crippen LogP contribution in [0.15, 0.2) is 59.8 Å². The maximum absolute atomic E-state index is 5.31. The van der Waals surface area contributed by atoms with Crippen molar-refractivity contribution < 1.29 is 4.74 Å². The molecule has 3 aromatic rings. The van der Waals surface area contributed by atoms with E-state index >= 15 is 0 Å². The molecule has 0 spiro atoms. The van der Waals surface area contributed by atoms with Crippen molar-refractivity contribution in [1.82, 2.24) is 4.98 Å². The fourth-order valence-electron chi connectivity index (χ4n) is 3.27. The number of hydrazone groups is 1. The minimum atomic E-state index is 0.801. The van der Waals surface area contributed by atoms with E-state index in [1.165, 1.54) is 18.5 Å². The van der Waals surface area contributed by atoms with Crippen molar-refractivity contribution in [2.24, 2.45) is 5.10 Å². The minimum Gasteiger partial charge on any atom is -0.497 e. The van der Waals surface area contributed by atoms with Crippen LogP contribution in [0.1, 0.15) is 18.4 Å². The molecule has 1 aromatic heterocycles. The van der Waals surface area contributed by atoms with Crippen LogP contribution in [-0.2, 0) is 0 Å². The molecule has 26 heavy (non-hydrogen) atoms. The average Bonchev–Trinajstić information content (AvgIpc) is 3.23. The monoisotopic (exact) mass is 346 g/mol. The lowest BCUT2D eigenvalue weighted by molar-refractivity contribution is 0.415. The Bertz CT molecular complexity index is 915. The Labute approximate surface area is 153 Å². The zero-order valence-corrected chi connectivity index (χ0v) is 14.9. The van der Waals surface area contributed by atoms with Gasteiger partial charge in [-0.15, -0.1) is 0 Å². The summed E-state index contributed by atoms with van der Waals surface area (Å²) in [5.41, 5.74) is 7.28. The first-order valence-electron chi connectivity index (χ1n) is 8.90. The summed E-state index contributed by atoms with van der Waals surface area (Å²) in [5.74, 6) is 0.801. The summed E-state index contributed by atoms with van der Waals surface area (Å²) < 4.78 is 5.31. The van der Waals surface area contributed by atoms with Crippen molar-refractivity contribution in [2.75, 3.05) is 30.5 Å². The molecule has 5 nitrogen and oxygen atoms in total. The molecule has 2 aromatic carbocycles. The van der Waals surface area contributed by atoms with Gasteiger partial charge in [0.2, 0.25) is 0 Å². The number of benzene rings is 2. The lowest BCUT2D eigenvalue weighted by Gasteiger charge is -2.17. The van der Waals surface area contributed by atoms with E-state index in [-0.39, 0.29) is 0 Å². The highest BCUT2D eigenvalue weighted by Crippen LogP contribution is 2.26. The third kappa shape index (κ3) is 3.47. The SMILES string of the molecule is COc1ccc2nccc(NN=Cc3ccc(N4CCCC4)cc3)c2c1. The van der Waals surface area contributed by atoms with Crippen molar-refractivity contribution in [3.8, 4) is 5.75 Å². The smallest absolute Gasteiger partial charge is 0.119 e. The summed E-state index contributed by atoms with van der Waals surface area (Å²) in [7, 11) is 1.66. The van der Waals surface area contributed by atoms with Gasteiger partial charge in [-0.3, -0.25) is 10.4 Å². The predicted molar refractivity (Wildman–Crippen MR) is 107 cm³/mol.